The zero-order valence-electron chi connectivity index (χ0n) is 16.3. The van der Waals surface area contributed by atoms with Gasteiger partial charge in [0.05, 0.1) is 6.42 Å². The first-order valence-electron chi connectivity index (χ1n) is 9.16. The number of aromatic nitrogens is 1. The highest BCUT2D eigenvalue weighted by atomic mass is 19.4. The molecule has 168 valence electrons. The zero-order chi connectivity index (χ0) is 23.3. The van der Waals surface area contributed by atoms with E-state index in [1.807, 2.05) is 0 Å². The average molecular weight is 452 g/mol. The lowest BCUT2D eigenvalue weighted by Gasteiger charge is -2.14. The van der Waals surface area contributed by atoms with E-state index < -0.39 is 23.9 Å². The van der Waals surface area contributed by atoms with Crippen LogP contribution in [0.4, 0.5) is 39.1 Å². The fraction of sp³-hybridized carbons (Fsp3) is 0.143. The third-order valence-corrected chi connectivity index (χ3v) is 4.12. The number of hydrogen-bond donors (Lipinski definition) is 3. The fourth-order valence-electron chi connectivity index (χ4n) is 2.84. The topological polar surface area (TPSA) is 89.3 Å². The molecular weight excluding hydrogens is 435 g/mol. The van der Waals surface area contributed by atoms with Crippen molar-refractivity contribution in [2.75, 3.05) is 10.6 Å². The molecule has 6 nitrogen and oxygen atoms in total. The van der Waals surface area contributed by atoms with Crippen molar-refractivity contribution in [3.63, 3.8) is 0 Å². The number of anilines is 3. The van der Waals surface area contributed by atoms with E-state index in [1.165, 1.54) is 24.4 Å². The molecule has 0 saturated carbocycles. The molecule has 0 aliphatic carbocycles. The van der Waals surface area contributed by atoms with Crippen LogP contribution in [-0.2, 0) is 17.8 Å². The summed E-state index contributed by atoms with van der Waals surface area (Å²) in [5.41, 5.74) is 6.90. The van der Waals surface area contributed by atoms with E-state index in [-0.39, 0.29) is 18.7 Å². The van der Waals surface area contributed by atoms with Gasteiger partial charge < -0.3 is 21.1 Å². The number of halogens is 5. The molecule has 1 amide bonds. The SMILES string of the molecule is NC(=O)Cc1cnc(Nc2ccc(OC(F)(F)F)cc2)cc1NCc1cc(F)cc(F)c1. The summed E-state index contributed by atoms with van der Waals surface area (Å²) in [4.78, 5) is 15.5. The van der Waals surface area contributed by atoms with Gasteiger partial charge in [0, 0.05) is 41.8 Å². The van der Waals surface area contributed by atoms with Crippen molar-refractivity contribution in [1.29, 1.82) is 0 Å². The lowest BCUT2D eigenvalue weighted by atomic mass is 10.1. The van der Waals surface area contributed by atoms with Crippen molar-refractivity contribution < 1.29 is 31.5 Å². The van der Waals surface area contributed by atoms with Crippen LogP contribution in [0, 0.1) is 11.6 Å². The number of benzene rings is 2. The van der Waals surface area contributed by atoms with Gasteiger partial charge in [-0.25, -0.2) is 13.8 Å². The molecule has 11 heteroatoms. The molecule has 0 fully saturated rings. The molecule has 0 unspecified atom stereocenters. The Morgan fingerprint density at radius 1 is 1.03 bits per heavy atom. The van der Waals surface area contributed by atoms with Gasteiger partial charge >= 0.3 is 6.36 Å². The second-order valence-corrected chi connectivity index (χ2v) is 6.70. The van der Waals surface area contributed by atoms with E-state index in [0.29, 0.717) is 28.3 Å². The average Bonchev–Trinajstić information content (AvgIpc) is 2.67. The first-order valence-corrected chi connectivity index (χ1v) is 9.16. The lowest BCUT2D eigenvalue weighted by Crippen LogP contribution is -2.17. The molecule has 0 saturated heterocycles. The molecular formula is C21H17F5N4O2. The van der Waals surface area contributed by atoms with Crippen molar-refractivity contribution >= 4 is 23.1 Å². The minimum atomic E-state index is -4.79. The Bertz CT molecular complexity index is 1080. The summed E-state index contributed by atoms with van der Waals surface area (Å²) in [6.07, 6.45) is -3.53. The molecule has 0 radical (unpaired) electrons. The molecule has 2 aromatic carbocycles. The molecule has 3 aromatic rings. The lowest BCUT2D eigenvalue weighted by molar-refractivity contribution is -0.274. The van der Waals surface area contributed by atoms with Crippen LogP contribution in [0.15, 0.2) is 54.7 Å². The second kappa shape index (κ2) is 9.50. The summed E-state index contributed by atoms with van der Waals surface area (Å²) < 4.78 is 67.5. The number of primary amides is 1. The van der Waals surface area contributed by atoms with Gasteiger partial charge in [-0.2, -0.15) is 0 Å². The minimum absolute atomic E-state index is 0.0490. The van der Waals surface area contributed by atoms with Crippen LogP contribution in [0.3, 0.4) is 0 Å². The van der Waals surface area contributed by atoms with E-state index >= 15 is 0 Å². The number of hydrogen-bond acceptors (Lipinski definition) is 5. The summed E-state index contributed by atoms with van der Waals surface area (Å²) in [7, 11) is 0. The molecule has 0 aliphatic rings. The van der Waals surface area contributed by atoms with Gasteiger partial charge in [-0.05, 0) is 42.0 Å². The highest BCUT2D eigenvalue weighted by Gasteiger charge is 2.30. The first-order chi connectivity index (χ1) is 15.1. The van der Waals surface area contributed by atoms with Crippen LogP contribution in [0.1, 0.15) is 11.1 Å². The van der Waals surface area contributed by atoms with Gasteiger partial charge in [0.15, 0.2) is 0 Å². The number of pyridine rings is 1. The predicted octanol–water partition coefficient (Wildman–Crippen LogP) is 4.64. The van der Waals surface area contributed by atoms with Gasteiger partial charge in [0.25, 0.3) is 0 Å². The van der Waals surface area contributed by atoms with Crippen LogP contribution in [0.5, 0.6) is 5.75 Å². The quantitative estimate of drug-likeness (QED) is 0.434. The van der Waals surface area contributed by atoms with Crippen molar-refractivity contribution in [2.45, 2.75) is 19.3 Å². The fourth-order valence-corrected chi connectivity index (χ4v) is 2.84. The maximum absolute atomic E-state index is 13.4. The van der Waals surface area contributed by atoms with Crippen LogP contribution < -0.4 is 21.1 Å². The highest BCUT2D eigenvalue weighted by Crippen LogP contribution is 2.26. The molecule has 1 heterocycles. The molecule has 4 N–H and O–H groups in total. The van der Waals surface area contributed by atoms with Crippen LogP contribution in [0.2, 0.25) is 0 Å². The van der Waals surface area contributed by atoms with E-state index in [9.17, 15) is 26.7 Å². The summed E-state index contributed by atoms with van der Waals surface area (Å²) >= 11 is 0. The molecule has 1 aromatic heterocycles. The minimum Gasteiger partial charge on any atom is -0.406 e. The number of amides is 1. The monoisotopic (exact) mass is 452 g/mol. The summed E-state index contributed by atoms with van der Waals surface area (Å²) in [6.45, 7) is 0.0490. The first kappa shape index (κ1) is 22.8. The van der Waals surface area contributed by atoms with Crippen molar-refractivity contribution in [3.05, 3.63) is 77.5 Å². The number of carbonyl (C=O) groups excluding carboxylic acids is 1. The largest absolute Gasteiger partial charge is 0.573 e. The number of nitrogens with one attached hydrogen (secondary N) is 2. The predicted molar refractivity (Wildman–Crippen MR) is 107 cm³/mol. The van der Waals surface area contributed by atoms with E-state index in [4.69, 9.17) is 5.73 Å². The smallest absolute Gasteiger partial charge is 0.406 e. The Kier molecular flexibility index (Phi) is 6.76. The zero-order valence-corrected chi connectivity index (χ0v) is 16.3. The molecule has 0 spiro atoms. The molecule has 0 bridgehead atoms. The van der Waals surface area contributed by atoms with Gasteiger partial charge in [-0.1, -0.05) is 0 Å². The van der Waals surface area contributed by atoms with Gasteiger partial charge in [-0.15, -0.1) is 13.2 Å². The van der Waals surface area contributed by atoms with Crippen molar-refractivity contribution in [1.82, 2.24) is 4.98 Å². The number of ether oxygens (including phenoxy) is 1. The molecule has 0 atom stereocenters. The summed E-state index contributed by atoms with van der Waals surface area (Å²) in [5, 5.41) is 5.89. The molecule has 32 heavy (non-hydrogen) atoms. The Morgan fingerprint density at radius 2 is 1.69 bits per heavy atom. The Morgan fingerprint density at radius 3 is 2.28 bits per heavy atom. The summed E-state index contributed by atoms with van der Waals surface area (Å²) in [5.74, 6) is -2.14. The maximum atomic E-state index is 13.4. The van der Waals surface area contributed by atoms with Crippen LogP contribution in [-0.4, -0.2) is 17.3 Å². The number of carbonyl (C=O) groups is 1. The van der Waals surface area contributed by atoms with Gasteiger partial charge in [0.1, 0.15) is 23.2 Å². The van der Waals surface area contributed by atoms with Crippen molar-refractivity contribution in [3.8, 4) is 5.75 Å². The van der Waals surface area contributed by atoms with Crippen LogP contribution >= 0.6 is 0 Å². The van der Waals surface area contributed by atoms with E-state index in [1.54, 1.807) is 0 Å². The third-order valence-electron chi connectivity index (χ3n) is 4.12. The Balaban J connectivity index is 1.77. The summed E-state index contributed by atoms with van der Waals surface area (Å²) in [6, 6.07) is 9.61. The maximum Gasteiger partial charge on any atom is 0.573 e. The molecule has 3 rings (SSSR count). The number of nitrogens with two attached hydrogens (primary N) is 1. The highest BCUT2D eigenvalue weighted by molar-refractivity contribution is 5.79. The van der Waals surface area contributed by atoms with Gasteiger partial charge in [0.2, 0.25) is 5.91 Å². The van der Waals surface area contributed by atoms with E-state index in [0.717, 1.165) is 30.3 Å². The Hall–Kier alpha value is -3.89. The van der Waals surface area contributed by atoms with Gasteiger partial charge in [-0.3, -0.25) is 4.79 Å². The number of alkyl halides is 3. The Labute approximate surface area is 179 Å². The van der Waals surface area contributed by atoms with Crippen molar-refractivity contribution in [2.24, 2.45) is 5.73 Å². The number of rotatable bonds is 8. The normalized spacial score (nSPS) is 11.2. The molecule has 0 aliphatic heterocycles. The standard InChI is InChI=1S/C21H17F5N4O2/c22-14-5-12(6-15(23)8-14)10-28-18-9-20(29-11-13(18)7-19(27)31)30-16-1-3-17(4-2-16)32-21(24,25)26/h1-6,8-9,11H,7,10H2,(H2,27,31)(H2,28,29,30). The second-order valence-electron chi connectivity index (χ2n) is 6.70. The number of nitrogens with zero attached hydrogens (tertiary/aromatic N) is 1. The third kappa shape index (κ3) is 6.83. The van der Waals surface area contributed by atoms with E-state index in [2.05, 4.69) is 20.4 Å². The van der Waals surface area contributed by atoms with Crippen LogP contribution in [0.25, 0.3) is 0 Å².